The van der Waals surface area contributed by atoms with E-state index < -0.39 is 5.97 Å². The van der Waals surface area contributed by atoms with Crippen molar-refractivity contribution in [3.8, 4) is 0 Å². The lowest BCUT2D eigenvalue weighted by Crippen LogP contribution is -2.30. The van der Waals surface area contributed by atoms with Gasteiger partial charge in [0, 0.05) is 11.7 Å². The number of anilines is 1. The summed E-state index contributed by atoms with van der Waals surface area (Å²) in [5.41, 5.74) is 2.43. The monoisotopic (exact) mass is 261 g/mol. The lowest BCUT2D eigenvalue weighted by molar-refractivity contribution is -0.142. The predicted octanol–water partition coefficient (Wildman–Crippen LogP) is 3.87. The first kappa shape index (κ1) is 13.9. The number of aliphatic carboxylic acids is 1. The van der Waals surface area contributed by atoms with Crippen LogP contribution in [0.3, 0.4) is 0 Å². The summed E-state index contributed by atoms with van der Waals surface area (Å²) in [5, 5.41) is 12.6. The molecule has 3 nitrogen and oxygen atoms in total. The molecular weight excluding hydrogens is 238 g/mol. The standard InChI is InChI=1S/C16H23NO2/c1-11(2)12-6-8-14(9-7-12)17-15-5-3-4-13(10-15)16(18)19/h6-9,11,13,15,17H,3-5,10H2,1-2H3,(H,18,19)/t13-,15-/m0/s1. The summed E-state index contributed by atoms with van der Waals surface area (Å²) >= 11 is 0. The van der Waals surface area contributed by atoms with Gasteiger partial charge in [-0.3, -0.25) is 4.79 Å². The van der Waals surface area contributed by atoms with Gasteiger partial charge in [-0.05, 0) is 42.9 Å². The summed E-state index contributed by atoms with van der Waals surface area (Å²) in [7, 11) is 0. The third kappa shape index (κ3) is 3.72. The molecule has 3 heteroatoms. The average molecular weight is 261 g/mol. The van der Waals surface area contributed by atoms with Crippen LogP contribution in [0.2, 0.25) is 0 Å². The van der Waals surface area contributed by atoms with E-state index in [0.717, 1.165) is 31.4 Å². The van der Waals surface area contributed by atoms with Gasteiger partial charge in [0.15, 0.2) is 0 Å². The number of carbonyl (C=O) groups is 1. The van der Waals surface area contributed by atoms with Gasteiger partial charge in [0.1, 0.15) is 0 Å². The topological polar surface area (TPSA) is 49.3 Å². The molecule has 1 aromatic carbocycles. The van der Waals surface area contributed by atoms with Gasteiger partial charge in [-0.25, -0.2) is 0 Å². The Morgan fingerprint density at radius 1 is 1.26 bits per heavy atom. The van der Waals surface area contributed by atoms with E-state index in [1.54, 1.807) is 0 Å². The van der Waals surface area contributed by atoms with Crippen LogP contribution in [0, 0.1) is 5.92 Å². The van der Waals surface area contributed by atoms with E-state index in [1.165, 1.54) is 5.56 Å². The molecule has 2 atom stereocenters. The molecule has 0 heterocycles. The molecule has 1 aliphatic carbocycles. The van der Waals surface area contributed by atoms with Gasteiger partial charge >= 0.3 is 5.97 Å². The van der Waals surface area contributed by atoms with Crippen LogP contribution in [0.15, 0.2) is 24.3 Å². The van der Waals surface area contributed by atoms with Crippen LogP contribution in [0.4, 0.5) is 5.69 Å². The number of benzene rings is 1. The zero-order valence-electron chi connectivity index (χ0n) is 11.7. The maximum absolute atomic E-state index is 11.0. The molecule has 0 bridgehead atoms. The Bertz CT molecular complexity index is 425. The van der Waals surface area contributed by atoms with E-state index in [1.807, 2.05) is 0 Å². The number of rotatable bonds is 4. The Morgan fingerprint density at radius 3 is 2.53 bits per heavy atom. The van der Waals surface area contributed by atoms with Crippen molar-refractivity contribution in [3.05, 3.63) is 29.8 Å². The van der Waals surface area contributed by atoms with Gasteiger partial charge in [0.2, 0.25) is 0 Å². The van der Waals surface area contributed by atoms with Crippen LogP contribution >= 0.6 is 0 Å². The molecule has 0 saturated heterocycles. The fourth-order valence-electron chi connectivity index (χ4n) is 2.75. The van der Waals surface area contributed by atoms with Gasteiger partial charge in [0.05, 0.1) is 5.92 Å². The number of nitrogens with one attached hydrogen (secondary N) is 1. The van der Waals surface area contributed by atoms with E-state index >= 15 is 0 Å². The van der Waals surface area contributed by atoms with E-state index in [2.05, 4.69) is 43.4 Å². The maximum Gasteiger partial charge on any atom is 0.306 e. The van der Waals surface area contributed by atoms with E-state index in [9.17, 15) is 4.79 Å². The lowest BCUT2D eigenvalue weighted by atomic mass is 9.85. The zero-order valence-corrected chi connectivity index (χ0v) is 11.7. The van der Waals surface area contributed by atoms with Crippen molar-refractivity contribution in [2.45, 2.75) is 51.5 Å². The molecule has 0 amide bonds. The number of carboxylic acids is 1. The highest BCUT2D eigenvalue weighted by Crippen LogP contribution is 2.27. The van der Waals surface area contributed by atoms with Gasteiger partial charge in [0.25, 0.3) is 0 Å². The molecule has 1 saturated carbocycles. The van der Waals surface area contributed by atoms with Gasteiger partial charge in [-0.2, -0.15) is 0 Å². The minimum Gasteiger partial charge on any atom is -0.481 e. The van der Waals surface area contributed by atoms with Crippen LogP contribution in [0.1, 0.15) is 51.0 Å². The van der Waals surface area contributed by atoms with Crippen LogP contribution in [-0.2, 0) is 4.79 Å². The molecule has 0 aromatic heterocycles. The van der Waals surface area contributed by atoms with Crippen molar-refractivity contribution < 1.29 is 9.90 Å². The van der Waals surface area contributed by atoms with E-state index in [4.69, 9.17) is 5.11 Å². The van der Waals surface area contributed by atoms with Crippen molar-refractivity contribution in [3.63, 3.8) is 0 Å². The summed E-state index contributed by atoms with van der Waals surface area (Å²) in [4.78, 5) is 11.0. The first-order chi connectivity index (χ1) is 9.06. The Morgan fingerprint density at radius 2 is 1.95 bits per heavy atom. The minimum atomic E-state index is -0.651. The number of hydrogen-bond acceptors (Lipinski definition) is 2. The Hall–Kier alpha value is -1.51. The fraction of sp³-hybridized carbons (Fsp3) is 0.562. The van der Waals surface area contributed by atoms with Gasteiger partial charge in [-0.1, -0.05) is 32.4 Å². The second-order valence-corrected chi connectivity index (χ2v) is 5.82. The average Bonchev–Trinajstić information content (AvgIpc) is 2.39. The summed E-state index contributed by atoms with van der Waals surface area (Å²) in [6, 6.07) is 8.77. The molecule has 1 fully saturated rings. The smallest absolute Gasteiger partial charge is 0.306 e. The molecule has 0 aliphatic heterocycles. The normalized spacial score (nSPS) is 23.3. The van der Waals surface area contributed by atoms with Crippen molar-refractivity contribution >= 4 is 11.7 Å². The summed E-state index contributed by atoms with van der Waals surface area (Å²) in [6.07, 6.45) is 3.62. The molecule has 0 unspecified atom stereocenters. The number of hydrogen-bond donors (Lipinski definition) is 2. The van der Waals surface area contributed by atoms with Gasteiger partial charge in [-0.15, -0.1) is 0 Å². The quantitative estimate of drug-likeness (QED) is 0.865. The molecule has 2 N–H and O–H groups in total. The molecule has 2 rings (SSSR count). The van der Waals surface area contributed by atoms with Crippen LogP contribution < -0.4 is 5.32 Å². The molecular formula is C16H23NO2. The maximum atomic E-state index is 11.0. The van der Waals surface area contributed by atoms with Crippen molar-refractivity contribution in [1.29, 1.82) is 0 Å². The van der Waals surface area contributed by atoms with Crippen molar-refractivity contribution in [1.82, 2.24) is 0 Å². The fourth-order valence-corrected chi connectivity index (χ4v) is 2.75. The molecule has 19 heavy (non-hydrogen) atoms. The highest BCUT2D eigenvalue weighted by Gasteiger charge is 2.26. The largest absolute Gasteiger partial charge is 0.481 e. The van der Waals surface area contributed by atoms with Crippen LogP contribution in [0.25, 0.3) is 0 Å². The summed E-state index contributed by atoms with van der Waals surface area (Å²) in [6.45, 7) is 4.36. The summed E-state index contributed by atoms with van der Waals surface area (Å²) in [5.74, 6) is -0.289. The molecule has 1 aromatic rings. The third-order valence-electron chi connectivity index (χ3n) is 3.97. The molecule has 104 valence electrons. The first-order valence-corrected chi connectivity index (χ1v) is 7.15. The highest BCUT2D eigenvalue weighted by molar-refractivity contribution is 5.70. The minimum absolute atomic E-state index is 0.179. The Labute approximate surface area is 115 Å². The Balaban J connectivity index is 1.95. The zero-order chi connectivity index (χ0) is 13.8. The first-order valence-electron chi connectivity index (χ1n) is 7.15. The lowest BCUT2D eigenvalue weighted by Gasteiger charge is -2.28. The van der Waals surface area contributed by atoms with E-state index in [0.29, 0.717) is 12.0 Å². The molecule has 0 radical (unpaired) electrons. The van der Waals surface area contributed by atoms with Crippen molar-refractivity contribution in [2.24, 2.45) is 5.92 Å². The second-order valence-electron chi connectivity index (χ2n) is 5.82. The molecule has 1 aliphatic rings. The summed E-state index contributed by atoms with van der Waals surface area (Å²) < 4.78 is 0. The van der Waals surface area contributed by atoms with Crippen LogP contribution in [0.5, 0.6) is 0 Å². The highest BCUT2D eigenvalue weighted by atomic mass is 16.4. The third-order valence-corrected chi connectivity index (χ3v) is 3.97. The number of carboxylic acid groups (broad SMARTS) is 1. The van der Waals surface area contributed by atoms with E-state index in [-0.39, 0.29) is 5.92 Å². The molecule has 0 spiro atoms. The van der Waals surface area contributed by atoms with Gasteiger partial charge < -0.3 is 10.4 Å². The van der Waals surface area contributed by atoms with Crippen LogP contribution in [-0.4, -0.2) is 17.1 Å². The SMILES string of the molecule is CC(C)c1ccc(N[C@H]2CCC[C@H](C(=O)O)C2)cc1. The Kier molecular flexibility index (Phi) is 4.46. The predicted molar refractivity (Wildman–Crippen MR) is 77.5 cm³/mol. The van der Waals surface area contributed by atoms with Crippen molar-refractivity contribution in [2.75, 3.05) is 5.32 Å². The second kappa shape index (κ2) is 6.09.